The van der Waals surface area contributed by atoms with E-state index in [-0.39, 0.29) is 24.2 Å². The molecule has 4 rings (SSSR count). The van der Waals surface area contributed by atoms with Crippen LogP contribution in [-0.2, 0) is 17.6 Å². The number of benzene rings is 3. The zero-order valence-corrected chi connectivity index (χ0v) is 19.8. The summed E-state index contributed by atoms with van der Waals surface area (Å²) < 4.78 is 54.0. The average molecular weight is 500 g/mol. The molecular weight excluding hydrogens is 474 g/mol. The highest BCUT2D eigenvalue weighted by Crippen LogP contribution is 2.30. The number of oxime groups is 1. The predicted molar refractivity (Wildman–Crippen MR) is 129 cm³/mol. The van der Waals surface area contributed by atoms with Gasteiger partial charge in [0.1, 0.15) is 5.82 Å². The van der Waals surface area contributed by atoms with E-state index in [0.29, 0.717) is 12.1 Å². The van der Waals surface area contributed by atoms with Crippen LogP contribution in [-0.4, -0.2) is 43.3 Å². The number of nitrogens with zero attached hydrogens (tertiary/aromatic N) is 3. The minimum Gasteiger partial charge on any atom is -0.390 e. The van der Waals surface area contributed by atoms with Crippen molar-refractivity contribution in [1.29, 1.82) is 0 Å². The van der Waals surface area contributed by atoms with Crippen LogP contribution in [0.25, 0.3) is 0 Å². The molecule has 3 aromatic carbocycles. The van der Waals surface area contributed by atoms with Crippen LogP contribution in [0.15, 0.2) is 78.0 Å². The Kier molecular flexibility index (Phi) is 7.28. The van der Waals surface area contributed by atoms with Crippen LogP contribution in [0, 0.1) is 5.82 Å². The van der Waals surface area contributed by atoms with E-state index >= 15 is 0 Å². The molecule has 0 bridgehead atoms. The predicted octanol–water partition coefficient (Wildman–Crippen LogP) is 5.75. The van der Waals surface area contributed by atoms with Crippen molar-refractivity contribution in [1.82, 2.24) is 4.90 Å². The summed E-state index contributed by atoms with van der Waals surface area (Å²) >= 11 is 0. The van der Waals surface area contributed by atoms with Crippen molar-refractivity contribution in [2.75, 3.05) is 25.5 Å². The molecule has 1 atom stereocenters. The summed E-state index contributed by atoms with van der Waals surface area (Å²) in [5.41, 5.74) is 1.88. The Labute approximate surface area is 206 Å². The quantitative estimate of drug-likeness (QED) is 0.389. The molecular formula is C27H25F4N3O2. The Balaban J connectivity index is 1.54. The lowest BCUT2D eigenvalue weighted by Gasteiger charge is -2.25. The van der Waals surface area contributed by atoms with Gasteiger partial charge in [-0.3, -0.25) is 4.79 Å². The first-order valence-electron chi connectivity index (χ1n) is 11.3. The lowest BCUT2D eigenvalue weighted by Crippen LogP contribution is -2.37. The van der Waals surface area contributed by atoms with Gasteiger partial charge in [-0.25, -0.2) is 4.39 Å². The maximum atomic E-state index is 14.4. The van der Waals surface area contributed by atoms with Gasteiger partial charge in [0.25, 0.3) is 5.91 Å². The van der Waals surface area contributed by atoms with Crippen molar-refractivity contribution in [3.63, 3.8) is 0 Å². The van der Waals surface area contributed by atoms with Crippen molar-refractivity contribution in [3.8, 4) is 0 Å². The lowest BCUT2D eigenvalue weighted by molar-refractivity contribution is -0.137. The molecule has 0 radical (unpaired) electrons. The first-order chi connectivity index (χ1) is 17.1. The molecule has 1 amide bonds. The Morgan fingerprint density at radius 3 is 2.42 bits per heavy atom. The summed E-state index contributed by atoms with van der Waals surface area (Å²) in [4.78, 5) is 22.1. The number of hydrogen-bond donors (Lipinski definition) is 0. The first-order valence-corrected chi connectivity index (χ1v) is 11.3. The van der Waals surface area contributed by atoms with E-state index in [1.807, 2.05) is 43.3 Å². The van der Waals surface area contributed by atoms with E-state index in [4.69, 9.17) is 4.84 Å². The van der Waals surface area contributed by atoms with Gasteiger partial charge in [0, 0.05) is 32.7 Å². The van der Waals surface area contributed by atoms with E-state index in [1.165, 1.54) is 41.3 Å². The Morgan fingerprint density at radius 2 is 1.75 bits per heavy atom. The van der Waals surface area contributed by atoms with Crippen molar-refractivity contribution in [3.05, 3.63) is 101 Å². The van der Waals surface area contributed by atoms with E-state index in [9.17, 15) is 22.4 Å². The molecule has 1 aliphatic rings. The van der Waals surface area contributed by atoms with Gasteiger partial charge < -0.3 is 14.6 Å². The third-order valence-corrected chi connectivity index (χ3v) is 5.89. The fraction of sp³-hybridized carbons (Fsp3) is 0.259. The molecule has 36 heavy (non-hydrogen) atoms. The molecule has 0 saturated carbocycles. The molecule has 0 N–H and O–H groups in total. The molecule has 188 valence electrons. The smallest absolute Gasteiger partial charge is 0.390 e. The van der Waals surface area contributed by atoms with Crippen LogP contribution in [0.1, 0.15) is 33.5 Å². The van der Waals surface area contributed by atoms with Crippen molar-refractivity contribution in [2.24, 2.45) is 5.16 Å². The number of hydrogen-bond acceptors (Lipinski definition) is 4. The van der Waals surface area contributed by atoms with Crippen LogP contribution in [0.2, 0.25) is 0 Å². The molecule has 1 heterocycles. The van der Waals surface area contributed by atoms with Gasteiger partial charge in [0.15, 0.2) is 6.10 Å². The molecule has 0 saturated heterocycles. The van der Waals surface area contributed by atoms with Crippen molar-refractivity contribution in [2.45, 2.75) is 25.2 Å². The highest BCUT2D eigenvalue weighted by Gasteiger charge is 2.32. The number of halogens is 4. The number of amides is 1. The van der Waals surface area contributed by atoms with E-state index in [1.54, 1.807) is 0 Å². The third kappa shape index (κ3) is 5.84. The minimum atomic E-state index is -4.52. The summed E-state index contributed by atoms with van der Waals surface area (Å²) in [6, 6.07) is 18.0. The first kappa shape index (κ1) is 25.2. The van der Waals surface area contributed by atoms with Gasteiger partial charge in [0.2, 0.25) is 0 Å². The van der Waals surface area contributed by atoms with E-state index in [0.717, 1.165) is 23.4 Å². The van der Waals surface area contributed by atoms with E-state index in [2.05, 4.69) is 5.16 Å². The van der Waals surface area contributed by atoms with Crippen LogP contribution < -0.4 is 4.90 Å². The molecule has 0 fully saturated rings. The SMILES string of the molecule is CN(C)c1ccc(C2=NO[C@@H](CN(Cc3cccc(C(F)(F)F)c3)C(=O)c3ccccc3F)C2)cc1. The molecule has 5 nitrogen and oxygen atoms in total. The zero-order chi connectivity index (χ0) is 25.9. The number of carbonyl (C=O) groups is 1. The summed E-state index contributed by atoms with van der Waals surface area (Å²) in [5.74, 6) is -1.35. The second-order valence-corrected chi connectivity index (χ2v) is 8.77. The standard InChI is InChI=1S/C27H25F4N3O2/c1-33(2)21-12-10-19(11-13-21)25-15-22(36-32-25)17-34(26(35)23-8-3-4-9-24(23)28)16-18-6-5-7-20(14-18)27(29,30)31/h3-14,22H,15-17H2,1-2H3/t22-/m1/s1. The van der Waals surface area contributed by atoms with Gasteiger partial charge in [-0.05, 0) is 47.5 Å². The molecule has 0 unspecified atom stereocenters. The highest BCUT2D eigenvalue weighted by molar-refractivity contribution is 6.01. The largest absolute Gasteiger partial charge is 0.416 e. The summed E-state index contributed by atoms with van der Waals surface area (Å²) in [5, 5.41) is 4.16. The van der Waals surface area contributed by atoms with Crippen LogP contribution >= 0.6 is 0 Å². The molecule has 9 heteroatoms. The fourth-order valence-electron chi connectivity index (χ4n) is 3.99. The van der Waals surface area contributed by atoms with Crippen molar-refractivity contribution < 1.29 is 27.2 Å². The second kappa shape index (κ2) is 10.4. The minimum absolute atomic E-state index is 0.0200. The monoisotopic (exact) mass is 499 g/mol. The van der Waals surface area contributed by atoms with E-state index < -0.39 is 29.6 Å². The molecule has 0 aromatic heterocycles. The number of anilines is 1. The molecule has 3 aromatic rings. The summed E-state index contributed by atoms with van der Waals surface area (Å²) in [7, 11) is 3.87. The maximum Gasteiger partial charge on any atom is 0.416 e. The highest BCUT2D eigenvalue weighted by atomic mass is 19.4. The zero-order valence-electron chi connectivity index (χ0n) is 19.8. The number of alkyl halides is 3. The average Bonchev–Trinajstić information content (AvgIpc) is 3.32. The van der Waals surface area contributed by atoms with Gasteiger partial charge >= 0.3 is 6.18 Å². The van der Waals surface area contributed by atoms with Gasteiger partial charge in [-0.15, -0.1) is 0 Å². The van der Waals surface area contributed by atoms with Gasteiger partial charge in [0.05, 0.1) is 23.4 Å². The van der Waals surface area contributed by atoms with Crippen LogP contribution in [0.3, 0.4) is 0 Å². The lowest BCUT2D eigenvalue weighted by atomic mass is 10.0. The van der Waals surface area contributed by atoms with Gasteiger partial charge in [-0.1, -0.05) is 41.6 Å². The van der Waals surface area contributed by atoms with Crippen LogP contribution in [0.5, 0.6) is 0 Å². The fourth-order valence-corrected chi connectivity index (χ4v) is 3.99. The molecule has 0 spiro atoms. The molecule has 1 aliphatic heterocycles. The summed E-state index contributed by atoms with van der Waals surface area (Å²) in [6.45, 7) is -0.129. The van der Waals surface area contributed by atoms with Gasteiger partial charge in [-0.2, -0.15) is 13.2 Å². The third-order valence-electron chi connectivity index (χ3n) is 5.89. The Hall–Kier alpha value is -3.88. The normalized spacial score (nSPS) is 15.3. The maximum absolute atomic E-state index is 14.4. The topological polar surface area (TPSA) is 45.1 Å². The number of carbonyl (C=O) groups excluding carboxylic acids is 1. The number of rotatable bonds is 7. The molecule has 0 aliphatic carbocycles. The second-order valence-electron chi connectivity index (χ2n) is 8.77. The van der Waals surface area contributed by atoms with Crippen molar-refractivity contribution >= 4 is 17.3 Å². The van der Waals surface area contributed by atoms with Crippen LogP contribution in [0.4, 0.5) is 23.2 Å². The Bertz CT molecular complexity index is 1260. The Morgan fingerprint density at radius 1 is 1.03 bits per heavy atom. The summed E-state index contributed by atoms with van der Waals surface area (Å²) in [6.07, 6.45) is -4.66.